The first-order valence-electron chi connectivity index (χ1n) is 8.33. The second kappa shape index (κ2) is 5.90. The zero-order valence-corrected chi connectivity index (χ0v) is 13.6. The Kier molecular flexibility index (Phi) is 3.79. The molecule has 1 aliphatic heterocycles. The number of aromatic carboxylic acids is 1. The number of rotatable bonds is 2. The quantitative estimate of drug-likeness (QED) is 0.722. The molecule has 2 aromatic rings. The highest BCUT2D eigenvalue weighted by Gasteiger charge is 2.42. The van der Waals surface area contributed by atoms with Crippen molar-refractivity contribution in [3.8, 4) is 0 Å². The number of carbonyl (C=O) groups is 1. The third-order valence-corrected chi connectivity index (χ3v) is 5.21. The number of carboxylic acid groups (broad SMARTS) is 1. The molecule has 0 aromatic heterocycles. The van der Waals surface area contributed by atoms with Crippen LogP contribution in [-0.4, -0.2) is 11.1 Å². The van der Waals surface area contributed by atoms with Crippen LogP contribution < -0.4 is 5.32 Å². The smallest absolute Gasteiger partial charge is 0.416 e. The van der Waals surface area contributed by atoms with Crippen molar-refractivity contribution in [1.29, 1.82) is 0 Å². The zero-order valence-electron chi connectivity index (χ0n) is 13.6. The van der Waals surface area contributed by atoms with Crippen molar-refractivity contribution >= 4 is 11.7 Å². The summed E-state index contributed by atoms with van der Waals surface area (Å²) >= 11 is 0. The van der Waals surface area contributed by atoms with Crippen molar-refractivity contribution in [2.45, 2.75) is 24.6 Å². The lowest BCUT2D eigenvalue weighted by Crippen LogP contribution is -2.31. The van der Waals surface area contributed by atoms with Crippen LogP contribution in [0.15, 0.2) is 54.6 Å². The van der Waals surface area contributed by atoms with E-state index in [4.69, 9.17) is 0 Å². The molecule has 26 heavy (non-hydrogen) atoms. The topological polar surface area (TPSA) is 49.3 Å². The third kappa shape index (κ3) is 2.66. The van der Waals surface area contributed by atoms with E-state index in [-0.39, 0.29) is 23.0 Å². The van der Waals surface area contributed by atoms with Crippen LogP contribution in [0.2, 0.25) is 0 Å². The van der Waals surface area contributed by atoms with Crippen LogP contribution >= 0.6 is 0 Å². The van der Waals surface area contributed by atoms with Gasteiger partial charge in [0.2, 0.25) is 0 Å². The summed E-state index contributed by atoms with van der Waals surface area (Å²) in [6.07, 6.45) is 0.153. The summed E-state index contributed by atoms with van der Waals surface area (Å²) in [5, 5.41) is 12.4. The van der Waals surface area contributed by atoms with Gasteiger partial charge in [-0.2, -0.15) is 13.2 Å². The molecule has 3 nitrogen and oxygen atoms in total. The highest BCUT2D eigenvalue weighted by atomic mass is 19.4. The highest BCUT2D eigenvalue weighted by molar-refractivity contribution is 5.89. The summed E-state index contributed by atoms with van der Waals surface area (Å²) < 4.78 is 40.4. The van der Waals surface area contributed by atoms with Crippen LogP contribution in [0.1, 0.15) is 45.4 Å². The summed E-state index contributed by atoms with van der Waals surface area (Å²) in [5.74, 6) is -1.21. The lowest BCUT2D eigenvalue weighted by atomic mass is 9.75. The van der Waals surface area contributed by atoms with E-state index in [1.54, 1.807) is 18.2 Å². The van der Waals surface area contributed by atoms with Crippen LogP contribution in [0.3, 0.4) is 0 Å². The standard InChI is InChI=1S/C20H16F3NO2/c21-20(22,23)16-7-2-1-4-14(16)18-13-6-3-5-12(13)15-10-11(19(25)26)8-9-17(15)24-18/h1-5,7-10,12-13,18,24H,6H2,(H,25,26)/t12-,13-,18-/m0/s1. The minimum absolute atomic E-state index is 0.0879. The van der Waals surface area contributed by atoms with Crippen molar-refractivity contribution < 1.29 is 23.1 Å². The molecule has 2 aliphatic rings. The van der Waals surface area contributed by atoms with Crippen LogP contribution in [0.25, 0.3) is 0 Å². The minimum Gasteiger partial charge on any atom is -0.478 e. The van der Waals surface area contributed by atoms with E-state index in [1.165, 1.54) is 18.2 Å². The summed E-state index contributed by atoms with van der Waals surface area (Å²) in [6, 6.07) is 9.88. The fourth-order valence-corrected chi connectivity index (χ4v) is 4.06. The second-order valence-corrected chi connectivity index (χ2v) is 6.67. The number of benzene rings is 2. The summed E-state index contributed by atoms with van der Waals surface area (Å²) in [7, 11) is 0. The summed E-state index contributed by atoms with van der Waals surface area (Å²) in [5.41, 5.74) is 1.29. The maximum Gasteiger partial charge on any atom is 0.416 e. The normalized spacial score (nSPS) is 23.9. The SMILES string of the molecule is O=C(O)c1ccc2c(c1)[C@H]1C=CC[C@@H]1[C@@H](c1ccccc1C(F)(F)F)N2. The Balaban J connectivity index is 1.81. The van der Waals surface area contributed by atoms with E-state index in [2.05, 4.69) is 5.32 Å². The molecule has 0 saturated heterocycles. The van der Waals surface area contributed by atoms with Gasteiger partial charge in [0.1, 0.15) is 0 Å². The van der Waals surface area contributed by atoms with Gasteiger partial charge < -0.3 is 10.4 Å². The van der Waals surface area contributed by atoms with Crippen LogP contribution in [-0.2, 0) is 6.18 Å². The Morgan fingerprint density at radius 3 is 2.62 bits per heavy atom. The molecule has 0 bridgehead atoms. The zero-order chi connectivity index (χ0) is 18.5. The molecule has 0 amide bonds. The van der Waals surface area contributed by atoms with Crippen molar-refractivity contribution in [3.05, 3.63) is 76.9 Å². The first-order chi connectivity index (χ1) is 12.4. The van der Waals surface area contributed by atoms with Crippen molar-refractivity contribution in [2.75, 3.05) is 5.32 Å². The fourth-order valence-electron chi connectivity index (χ4n) is 4.06. The molecule has 0 unspecified atom stereocenters. The van der Waals surface area contributed by atoms with E-state index in [1.807, 2.05) is 12.2 Å². The molecule has 0 fully saturated rings. The molecule has 2 aromatic carbocycles. The Morgan fingerprint density at radius 1 is 1.12 bits per heavy atom. The molecular formula is C20H16F3NO2. The monoisotopic (exact) mass is 359 g/mol. The van der Waals surface area contributed by atoms with Gasteiger partial charge in [-0.1, -0.05) is 30.4 Å². The number of hydrogen-bond donors (Lipinski definition) is 2. The average Bonchev–Trinajstić information content (AvgIpc) is 3.10. The summed E-state index contributed by atoms with van der Waals surface area (Å²) in [6.45, 7) is 0. The van der Waals surface area contributed by atoms with Crippen molar-refractivity contribution in [3.63, 3.8) is 0 Å². The number of nitrogens with one attached hydrogen (secondary N) is 1. The number of fused-ring (bicyclic) bond motifs is 3. The molecule has 0 radical (unpaired) electrons. The molecule has 6 heteroatoms. The van der Waals surface area contributed by atoms with E-state index < -0.39 is 23.8 Å². The van der Waals surface area contributed by atoms with E-state index >= 15 is 0 Å². The van der Waals surface area contributed by atoms with Crippen LogP contribution in [0, 0.1) is 5.92 Å². The molecule has 1 aliphatic carbocycles. The fraction of sp³-hybridized carbons (Fsp3) is 0.250. The van der Waals surface area contributed by atoms with Crippen molar-refractivity contribution in [1.82, 2.24) is 0 Å². The molecule has 3 atom stereocenters. The van der Waals surface area contributed by atoms with Gasteiger partial charge in [0.25, 0.3) is 0 Å². The van der Waals surface area contributed by atoms with Crippen LogP contribution in [0.4, 0.5) is 18.9 Å². The van der Waals surface area contributed by atoms with E-state index in [9.17, 15) is 23.1 Å². The highest BCUT2D eigenvalue weighted by Crippen LogP contribution is 2.51. The Hall–Kier alpha value is -2.76. The predicted octanol–water partition coefficient (Wildman–Crippen LogP) is 5.23. The lowest BCUT2D eigenvalue weighted by Gasteiger charge is -2.38. The average molecular weight is 359 g/mol. The largest absolute Gasteiger partial charge is 0.478 e. The van der Waals surface area contributed by atoms with Gasteiger partial charge in [-0.25, -0.2) is 4.79 Å². The van der Waals surface area contributed by atoms with Crippen LogP contribution in [0.5, 0.6) is 0 Å². The Morgan fingerprint density at radius 2 is 1.88 bits per heavy atom. The molecule has 4 rings (SSSR count). The first kappa shape index (κ1) is 16.7. The van der Waals surface area contributed by atoms with Gasteiger partial charge in [-0.3, -0.25) is 0 Å². The minimum atomic E-state index is -4.42. The number of allylic oxidation sites excluding steroid dienone is 2. The molecule has 134 valence electrons. The maximum absolute atomic E-state index is 13.5. The molecule has 0 saturated carbocycles. The van der Waals surface area contributed by atoms with Gasteiger partial charge in [-0.05, 0) is 47.7 Å². The second-order valence-electron chi connectivity index (χ2n) is 6.67. The number of hydrogen-bond acceptors (Lipinski definition) is 2. The first-order valence-corrected chi connectivity index (χ1v) is 8.33. The van der Waals surface area contributed by atoms with Gasteiger partial charge in [0, 0.05) is 11.6 Å². The number of carboxylic acids is 1. The molecule has 1 heterocycles. The molecule has 2 N–H and O–H groups in total. The van der Waals surface area contributed by atoms with E-state index in [0.717, 1.165) is 11.6 Å². The number of anilines is 1. The Bertz CT molecular complexity index is 904. The molecule has 0 spiro atoms. The number of alkyl halides is 3. The van der Waals surface area contributed by atoms with Crippen molar-refractivity contribution in [2.24, 2.45) is 5.92 Å². The Labute approximate surface area is 148 Å². The molecular weight excluding hydrogens is 343 g/mol. The third-order valence-electron chi connectivity index (χ3n) is 5.21. The maximum atomic E-state index is 13.5. The number of halogens is 3. The van der Waals surface area contributed by atoms with Gasteiger partial charge >= 0.3 is 12.1 Å². The van der Waals surface area contributed by atoms with Gasteiger partial charge in [-0.15, -0.1) is 0 Å². The lowest BCUT2D eigenvalue weighted by molar-refractivity contribution is -0.138. The van der Waals surface area contributed by atoms with Gasteiger partial charge in [0.05, 0.1) is 17.2 Å². The summed E-state index contributed by atoms with van der Waals surface area (Å²) in [4.78, 5) is 11.3. The predicted molar refractivity (Wildman–Crippen MR) is 91.2 cm³/mol. The van der Waals surface area contributed by atoms with Gasteiger partial charge in [0.15, 0.2) is 0 Å². The van der Waals surface area contributed by atoms with E-state index in [0.29, 0.717) is 12.1 Å².